The molecule has 120 valence electrons. The number of morpholine rings is 1. The third kappa shape index (κ3) is 5.04. The van der Waals surface area contributed by atoms with Gasteiger partial charge in [0, 0.05) is 6.54 Å². The van der Waals surface area contributed by atoms with Crippen LogP contribution in [0.5, 0.6) is 0 Å². The molecule has 6 heteroatoms. The molecule has 0 saturated carbocycles. The predicted octanol–water partition coefficient (Wildman–Crippen LogP) is 1.98. The summed E-state index contributed by atoms with van der Waals surface area (Å²) in [5.74, 6) is -0.313. The van der Waals surface area contributed by atoms with Gasteiger partial charge in [-0.3, -0.25) is 4.79 Å². The SMILES string of the molecule is CCOC(=O)C[C@@H]1CN(C(=O)OCc2ccccc2)CCO1. The van der Waals surface area contributed by atoms with Gasteiger partial charge in [-0.15, -0.1) is 0 Å². The molecule has 1 amide bonds. The van der Waals surface area contributed by atoms with E-state index in [1.807, 2.05) is 30.3 Å². The number of hydrogen-bond acceptors (Lipinski definition) is 5. The first kappa shape index (κ1) is 16.3. The average molecular weight is 307 g/mol. The molecule has 1 saturated heterocycles. The van der Waals surface area contributed by atoms with Crippen molar-refractivity contribution in [3.05, 3.63) is 35.9 Å². The number of benzene rings is 1. The zero-order chi connectivity index (χ0) is 15.8. The maximum atomic E-state index is 12.1. The predicted molar refractivity (Wildman–Crippen MR) is 79.2 cm³/mol. The molecule has 0 bridgehead atoms. The number of nitrogens with zero attached hydrogens (tertiary/aromatic N) is 1. The Morgan fingerprint density at radius 1 is 1.27 bits per heavy atom. The Balaban J connectivity index is 1.78. The lowest BCUT2D eigenvalue weighted by Gasteiger charge is -2.31. The fourth-order valence-electron chi connectivity index (χ4n) is 2.23. The van der Waals surface area contributed by atoms with E-state index in [4.69, 9.17) is 14.2 Å². The van der Waals surface area contributed by atoms with Crippen LogP contribution in [0, 0.1) is 0 Å². The summed E-state index contributed by atoms with van der Waals surface area (Å²) in [5.41, 5.74) is 0.937. The monoisotopic (exact) mass is 307 g/mol. The van der Waals surface area contributed by atoms with Crippen molar-refractivity contribution >= 4 is 12.1 Å². The topological polar surface area (TPSA) is 65.1 Å². The summed E-state index contributed by atoms with van der Waals surface area (Å²) in [4.78, 5) is 25.1. The summed E-state index contributed by atoms with van der Waals surface area (Å²) in [5, 5.41) is 0. The van der Waals surface area contributed by atoms with E-state index in [0.717, 1.165) is 5.56 Å². The van der Waals surface area contributed by atoms with Crippen LogP contribution in [-0.2, 0) is 25.6 Å². The maximum absolute atomic E-state index is 12.1. The molecule has 2 rings (SSSR count). The smallest absolute Gasteiger partial charge is 0.410 e. The van der Waals surface area contributed by atoms with Crippen molar-refractivity contribution in [3.8, 4) is 0 Å². The van der Waals surface area contributed by atoms with Crippen LogP contribution in [-0.4, -0.2) is 49.4 Å². The highest BCUT2D eigenvalue weighted by Gasteiger charge is 2.27. The number of amides is 1. The second kappa shape index (κ2) is 8.38. The van der Waals surface area contributed by atoms with E-state index in [1.54, 1.807) is 11.8 Å². The van der Waals surface area contributed by atoms with E-state index in [-0.39, 0.29) is 31.2 Å². The van der Waals surface area contributed by atoms with E-state index >= 15 is 0 Å². The van der Waals surface area contributed by atoms with Gasteiger partial charge in [0.2, 0.25) is 0 Å². The van der Waals surface area contributed by atoms with Crippen molar-refractivity contribution < 1.29 is 23.8 Å². The highest BCUT2D eigenvalue weighted by atomic mass is 16.6. The molecule has 1 aliphatic heterocycles. The molecule has 22 heavy (non-hydrogen) atoms. The van der Waals surface area contributed by atoms with Gasteiger partial charge in [0.05, 0.1) is 32.3 Å². The van der Waals surface area contributed by atoms with E-state index in [9.17, 15) is 9.59 Å². The van der Waals surface area contributed by atoms with Gasteiger partial charge in [-0.2, -0.15) is 0 Å². The molecule has 0 spiro atoms. The lowest BCUT2D eigenvalue weighted by molar-refractivity contribution is -0.148. The highest BCUT2D eigenvalue weighted by Crippen LogP contribution is 2.12. The Kier molecular flexibility index (Phi) is 6.21. The number of esters is 1. The second-order valence-corrected chi connectivity index (χ2v) is 4.99. The van der Waals surface area contributed by atoms with Crippen LogP contribution >= 0.6 is 0 Å². The van der Waals surface area contributed by atoms with Crippen molar-refractivity contribution in [2.75, 3.05) is 26.3 Å². The number of rotatable bonds is 5. The first-order chi connectivity index (χ1) is 10.7. The molecule has 6 nitrogen and oxygen atoms in total. The van der Waals surface area contributed by atoms with Gasteiger partial charge in [-0.25, -0.2) is 4.79 Å². The van der Waals surface area contributed by atoms with Crippen molar-refractivity contribution in [2.45, 2.75) is 26.1 Å². The Bertz CT molecular complexity index is 491. The van der Waals surface area contributed by atoms with E-state index in [0.29, 0.717) is 26.3 Å². The molecular weight excluding hydrogens is 286 g/mol. The molecule has 1 aliphatic rings. The van der Waals surface area contributed by atoms with Gasteiger partial charge < -0.3 is 19.1 Å². The summed E-state index contributed by atoms with van der Waals surface area (Å²) in [6, 6.07) is 9.50. The van der Waals surface area contributed by atoms with Gasteiger partial charge in [0.1, 0.15) is 6.61 Å². The number of carbonyl (C=O) groups is 2. The van der Waals surface area contributed by atoms with E-state index < -0.39 is 0 Å². The van der Waals surface area contributed by atoms with Crippen LogP contribution in [0.4, 0.5) is 4.79 Å². The quantitative estimate of drug-likeness (QED) is 0.778. The molecule has 1 atom stereocenters. The number of carbonyl (C=O) groups excluding carboxylic acids is 2. The van der Waals surface area contributed by atoms with Crippen molar-refractivity contribution in [1.82, 2.24) is 4.90 Å². The van der Waals surface area contributed by atoms with Crippen LogP contribution in [0.1, 0.15) is 18.9 Å². The minimum absolute atomic E-state index is 0.149. The number of hydrogen-bond donors (Lipinski definition) is 0. The molecule has 1 aromatic rings. The summed E-state index contributed by atoms with van der Waals surface area (Å²) in [7, 11) is 0. The Morgan fingerprint density at radius 2 is 2.05 bits per heavy atom. The third-order valence-electron chi connectivity index (χ3n) is 3.30. The van der Waals surface area contributed by atoms with Gasteiger partial charge in [-0.1, -0.05) is 30.3 Å². The van der Waals surface area contributed by atoms with Gasteiger partial charge in [-0.05, 0) is 12.5 Å². The van der Waals surface area contributed by atoms with Crippen LogP contribution in [0.2, 0.25) is 0 Å². The minimum Gasteiger partial charge on any atom is -0.466 e. The molecule has 0 radical (unpaired) electrons. The largest absolute Gasteiger partial charge is 0.466 e. The molecule has 0 unspecified atom stereocenters. The van der Waals surface area contributed by atoms with Gasteiger partial charge >= 0.3 is 12.1 Å². The molecule has 0 N–H and O–H groups in total. The summed E-state index contributed by atoms with van der Waals surface area (Å²) < 4.78 is 15.7. The standard InChI is InChI=1S/C16H21NO5/c1-2-20-15(18)10-14-11-17(8-9-21-14)16(19)22-12-13-6-4-3-5-7-13/h3-7,14H,2,8-12H2,1H3/t14-/m1/s1. The van der Waals surface area contributed by atoms with Crippen molar-refractivity contribution in [2.24, 2.45) is 0 Å². The second-order valence-electron chi connectivity index (χ2n) is 4.99. The molecule has 1 heterocycles. The molecule has 1 aromatic carbocycles. The summed E-state index contributed by atoms with van der Waals surface area (Å²) >= 11 is 0. The first-order valence-corrected chi connectivity index (χ1v) is 7.42. The fourth-order valence-corrected chi connectivity index (χ4v) is 2.23. The molecule has 0 aliphatic carbocycles. The first-order valence-electron chi connectivity index (χ1n) is 7.42. The summed E-state index contributed by atoms with van der Waals surface area (Å²) in [6.45, 7) is 3.53. The Morgan fingerprint density at radius 3 is 2.77 bits per heavy atom. The molecule has 0 aromatic heterocycles. The van der Waals surface area contributed by atoms with Crippen LogP contribution in [0.15, 0.2) is 30.3 Å². The van der Waals surface area contributed by atoms with Gasteiger partial charge in [0.15, 0.2) is 0 Å². The highest BCUT2D eigenvalue weighted by molar-refractivity contribution is 5.71. The van der Waals surface area contributed by atoms with E-state index in [2.05, 4.69) is 0 Å². The third-order valence-corrected chi connectivity index (χ3v) is 3.30. The molecule has 1 fully saturated rings. The molecular formula is C16H21NO5. The van der Waals surface area contributed by atoms with Crippen molar-refractivity contribution in [3.63, 3.8) is 0 Å². The lowest BCUT2D eigenvalue weighted by Crippen LogP contribution is -2.46. The van der Waals surface area contributed by atoms with Crippen molar-refractivity contribution in [1.29, 1.82) is 0 Å². The summed E-state index contributed by atoms with van der Waals surface area (Å²) in [6.07, 6.45) is -0.575. The average Bonchev–Trinajstić information content (AvgIpc) is 2.54. The maximum Gasteiger partial charge on any atom is 0.410 e. The lowest BCUT2D eigenvalue weighted by atomic mass is 10.2. The van der Waals surface area contributed by atoms with E-state index in [1.165, 1.54) is 0 Å². The van der Waals surface area contributed by atoms with Crippen LogP contribution in [0.3, 0.4) is 0 Å². The van der Waals surface area contributed by atoms with Crippen LogP contribution < -0.4 is 0 Å². The van der Waals surface area contributed by atoms with Gasteiger partial charge in [0.25, 0.3) is 0 Å². The Labute approximate surface area is 129 Å². The Hall–Kier alpha value is -2.08. The van der Waals surface area contributed by atoms with Crippen LogP contribution in [0.25, 0.3) is 0 Å². The zero-order valence-electron chi connectivity index (χ0n) is 12.7. The normalized spacial score (nSPS) is 17.9. The minimum atomic E-state index is -0.388. The zero-order valence-corrected chi connectivity index (χ0v) is 12.7. The fraction of sp³-hybridized carbons (Fsp3) is 0.500. The number of ether oxygens (including phenoxy) is 3.